The molecular weight excluding hydrogens is 450 g/mol. The third-order valence-corrected chi connectivity index (χ3v) is 6.81. The Bertz CT molecular complexity index is 1640. The number of benzene rings is 3. The molecule has 36 heavy (non-hydrogen) atoms. The number of nitrogens with one attached hydrogen (secondary N) is 1. The molecular formula is C29H25N5O2. The molecule has 0 saturated heterocycles. The lowest BCUT2D eigenvalue weighted by Crippen LogP contribution is -2.31. The molecule has 3 N–H and O–H groups in total. The van der Waals surface area contributed by atoms with Gasteiger partial charge in [-0.05, 0) is 72.0 Å². The Balaban J connectivity index is 1.23. The van der Waals surface area contributed by atoms with Gasteiger partial charge in [-0.15, -0.1) is 0 Å². The van der Waals surface area contributed by atoms with E-state index in [-0.39, 0.29) is 11.6 Å². The summed E-state index contributed by atoms with van der Waals surface area (Å²) in [5.41, 5.74) is 13.9. The number of aromatic nitrogens is 3. The Morgan fingerprint density at radius 1 is 1.00 bits per heavy atom. The molecule has 7 heteroatoms. The molecule has 0 unspecified atom stereocenters. The van der Waals surface area contributed by atoms with Gasteiger partial charge >= 0.3 is 0 Å². The van der Waals surface area contributed by atoms with Crippen LogP contribution in [0, 0.1) is 6.92 Å². The van der Waals surface area contributed by atoms with Crippen LogP contribution < -0.4 is 11.1 Å². The van der Waals surface area contributed by atoms with Crippen LogP contribution in [0.3, 0.4) is 0 Å². The van der Waals surface area contributed by atoms with Gasteiger partial charge in [-0.2, -0.15) is 5.10 Å². The molecule has 1 aliphatic rings. The third-order valence-electron chi connectivity index (χ3n) is 6.81. The maximum atomic E-state index is 12.0. The lowest BCUT2D eigenvalue weighted by Gasteiger charge is -2.17. The quantitative estimate of drug-likeness (QED) is 0.398. The number of hydrogen-bond donors (Lipinski definition) is 2. The van der Waals surface area contributed by atoms with Crippen LogP contribution in [-0.2, 0) is 13.0 Å². The van der Waals surface area contributed by atoms with Crippen molar-refractivity contribution in [2.24, 2.45) is 5.73 Å². The second kappa shape index (κ2) is 8.53. The molecule has 2 amide bonds. The second-order valence-corrected chi connectivity index (χ2v) is 9.21. The van der Waals surface area contributed by atoms with Crippen molar-refractivity contribution >= 4 is 22.7 Å². The van der Waals surface area contributed by atoms with Crippen molar-refractivity contribution in [1.29, 1.82) is 0 Å². The van der Waals surface area contributed by atoms with E-state index in [1.165, 1.54) is 5.56 Å². The highest BCUT2D eigenvalue weighted by molar-refractivity contribution is 5.97. The number of amides is 2. The maximum Gasteiger partial charge on any atom is 0.269 e. The predicted octanol–water partition coefficient (Wildman–Crippen LogP) is 4.24. The molecule has 2 aromatic heterocycles. The van der Waals surface area contributed by atoms with Gasteiger partial charge in [-0.25, -0.2) is 4.68 Å². The Morgan fingerprint density at radius 2 is 1.81 bits per heavy atom. The van der Waals surface area contributed by atoms with E-state index in [4.69, 9.17) is 5.73 Å². The largest absolute Gasteiger partial charge is 0.364 e. The van der Waals surface area contributed by atoms with Crippen LogP contribution in [0.1, 0.15) is 37.7 Å². The van der Waals surface area contributed by atoms with E-state index in [9.17, 15) is 9.59 Å². The summed E-state index contributed by atoms with van der Waals surface area (Å²) < 4.78 is 3.96. The Labute approximate surface area is 208 Å². The fourth-order valence-corrected chi connectivity index (χ4v) is 4.92. The van der Waals surface area contributed by atoms with Crippen LogP contribution in [0.5, 0.6) is 0 Å². The van der Waals surface area contributed by atoms with Crippen LogP contribution >= 0.6 is 0 Å². The number of nitrogens with two attached hydrogens (primary N) is 1. The molecule has 0 atom stereocenters. The maximum absolute atomic E-state index is 12.0. The molecule has 0 spiro atoms. The normalized spacial score (nSPS) is 13.0. The van der Waals surface area contributed by atoms with Crippen LogP contribution in [0.2, 0.25) is 0 Å². The van der Waals surface area contributed by atoms with E-state index in [0.29, 0.717) is 6.54 Å². The van der Waals surface area contributed by atoms with E-state index in [0.717, 1.165) is 57.5 Å². The van der Waals surface area contributed by atoms with Crippen molar-refractivity contribution < 1.29 is 9.59 Å². The standard InChI is InChI=1S/C29H25N5O2/c1-18-14-26(28(30)35)32-34(18)24-7-9-27-23(16-24)11-13-33(27)17-19-2-4-20(5-3-19)21-6-8-25-22(15-21)10-12-31-29(25)36/h2-9,11,13-16H,10,12,17H2,1H3,(H2,30,35)(H,31,36). The van der Waals surface area contributed by atoms with Crippen molar-refractivity contribution in [2.45, 2.75) is 19.9 Å². The Morgan fingerprint density at radius 3 is 2.58 bits per heavy atom. The van der Waals surface area contributed by atoms with E-state index < -0.39 is 5.91 Å². The average Bonchev–Trinajstić information content (AvgIpc) is 3.47. The second-order valence-electron chi connectivity index (χ2n) is 9.21. The highest BCUT2D eigenvalue weighted by Crippen LogP contribution is 2.26. The van der Waals surface area contributed by atoms with Crippen molar-refractivity contribution in [3.8, 4) is 16.8 Å². The first-order valence-corrected chi connectivity index (χ1v) is 11.9. The third kappa shape index (κ3) is 3.84. The molecule has 0 fully saturated rings. The predicted molar refractivity (Wildman–Crippen MR) is 139 cm³/mol. The van der Waals surface area contributed by atoms with Crippen LogP contribution in [0.4, 0.5) is 0 Å². The van der Waals surface area contributed by atoms with Gasteiger partial charge in [0.2, 0.25) is 0 Å². The van der Waals surface area contributed by atoms with Gasteiger partial charge in [0.05, 0.1) is 5.69 Å². The number of carbonyl (C=O) groups excluding carboxylic acids is 2. The molecule has 1 aliphatic heterocycles. The van der Waals surface area contributed by atoms with E-state index >= 15 is 0 Å². The van der Waals surface area contributed by atoms with E-state index in [2.05, 4.69) is 69.7 Å². The number of fused-ring (bicyclic) bond motifs is 2. The summed E-state index contributed by atoms with van der Waals surface area (Å²) in [6.45, 7) is 3.34. The van der Waals surface area contributed by atoms with Gasteiger partial charge < -0.3 is 15.6 Å². The van der Waals surface area contributed by atoms with Gasteiger partial charge in [-0.1, -0.05) is 36.4 Å². The molecule has 3 aromatic carbocycles. The van der Waals surface area contributed by atoms with Crippen LogP contribution in [-0.4, -0.2) is 32.7 Å². The molecule has 7 nitrogen and oxygen atoms in total. The molecule has 178 valence electrons. The van der Waals surface area contributed by atoms with Crippen molar-refractivity contribution in [1.82, 2.24) is 19.7 Å². The minimum Gasteiger partial charge on any atom is -0.364 e. The molecule has 0 bridgehead atoms. The van der Waals surface area contributed by atoms with Gasteiger partial charge in [0.15, 0.2) is 5.69 Å². The fourth-order valence-electron chi connectivity index (χ4n) is 4.92. The average molecular weight is 476 g/mol. The monoisotopic (exact) mass is 475 g/mol. The number of primary amides is 1. The number of carbonyl (C=O) groups is 2. The minimum absolute atomic E-state index is 0.0133. The summed E-state index contributed by atoms with van der Waals surface area (Å²) in [4.78, 5) is 23.5. The van der Waals surface area contributed by atoms with Crippen LogP contribution in [0.15, 0.2) is 79.0 Å². The first kappa shape index (κ1) is 21.9. The minimum atomic E-state index is -0.533. The van der Waals surface area contributed by atoms with Gasteiger partial charge in [0, 0.05) is 41.4 Å². The molecule has 0 aliphatic carbocycles. The fraction of sp³-hybridized carbons (Fsp3) is 0.138. The summed E-state index contributed by atoms with van der Waals surface area (Å²) in [5, 5.41) is 8.33. The SMILES string of the molecule is Cc1cc(C(N)=O)nn1-c1ccc2c(ccn2Cc2ccc(-c3ccc4c(c3)CCNC4=O)cc2)c1. The summed E-state index contributed by atoms with van der Waals surface area (Å²) in [7, 11) is 0. The molecule has 3 heterocycles. The van der Waals surface area contributed by atoms with Crippen molar-refractivity contribution in [3.05, 3.63) is 107 Å². The lowest BCUT2D eigenvalue weighted by molar-refractivity contribution is 0.0944. The molecule has 5 aromatic rings. The summed E-state index contributed by atoms with van der Waals surface area (Å²) in [6, 6.07) is 24.6. The lowest BCUT2D eigenvalue weighted by atomic mass is 9.94. The van der Waals surface area contributed by atoms with Crippen molar-refractivity contribution in [3.63, 3.8) is 0 Å². The Kier molecular flexibility index (Phi) is 5.18. The zero-order valence-electron chi connectivity index (χ0n) is 19.9. The van der Waals surface area contributed by atoms with Gasteiger partial charge in [0.1, 0.15) is 0 Å². The van der Waals surface area contributed by atoms with E-state index in [1.807, 2.05) is 25.1 Å². The van der Waals surface area contributed by atoms with Gasteiger partial charge in [-0.3, -0.25) is 9.59 Å². The Hall–Kier alpha value is -4.65. The van der Waals surface area contributed by atoms with E-state index in [1.54, 1.807) is 10.7 Å². The summed E-state index contributed by atoms with van der Waals surface area (Å²) in [6.07, 6.45) is 2.95. The number of hydrogen-bond acceptors (Lipinski definition) is 3. The zero-order chi connectivity index (χ0) is 24.8. The van der Waals surface area contributed by atoms with Gasteiger partial charge in [0.25, 0.3) is 11.8 Å². The number of rotatable bonds is 5. The number of aryl methyl sites for hydroxylation is 1. The summed E-state index contributed by atoms with van der Waals surface area (Å²) in [5.74, 6) is -0.520. The first-order chi connectivity index (χ1) is 17.5. The highest BCUT2D eigenvalue weighted by atomic mass is 16.2. The summed E-state index contributed by atoms with van der Waals surface area (Å²) >= 11 is 0. The zero-order valence-corrected chi connectivity index (χ0v) is 19.9. The molecule has 0 radical (unpaired) electrons. The highest BCUT2D eigenvalue weighted by Gasteiger charge is 2.17. The topological polar surface area (TPSA) is 94.9 Å². The number of nitrogens with zero attached hydrogens (tertiary/aromatic N) is 3. The smallest absolute Gasteiger partial charge is 0.269 e. The molecule has 0 saturated carbocycles. The van der Waals surface area contributed by atoms with Crippen molar-refractivity contribution in [2.75, 3.05) is 6.54 Å². The molecule has 6 rings (SSSR count). The first-order valence-electron chi connectivity index (χ1n) is 11.9. The van der Waals surface area contributed by atoms with Crippen LogP contribution in [0.25, 0.3) is 27.7 Å².